The van der Waals surface area contributed by atoms with Crippen molar-refractivity contribution in [3.8, 4) is 0 Å². The van der Waals surface area contributed by atoms with Crippen molar-refractivity contribution in [1.29, 1.82) is 0 Å². The third-order valence-electron chi connectivity index (χ3n) is 3.19. The molecule has 5 nitrogen and oxygen atoms in total. The highest BCUT2D eigenvalue weighted by molar-refractivity contribution is 5.95. The molecule has 98 valence electrons. The zero-order valence-corrected chi connectivity index (χ0v) is 10.8. The van der Waals surface area contributed by atoms with Crippen molar-refractivity contribution in [2.45, 2.75) is 26.7 Å². The topological polar surface area (TPSA) is 77.2 Å². The molecule has 5 heteroatoms. The normalized spacial score (nSPS) is 16.1. The Labute approximate surface area is 107 Å². The maximum Gasteiger partial charge on any atom is 0.341 e. The monoisotopic (exact) mass is 249 g/mol. The Hall–Kier alpha value is -1.78. The minimum absolute atomic E-state index is 0.338. The molecule has 2 rings (SSSR count). The molecule has 0 unspecified atom stereocenters. The molecule has 0 amide bonds. The van der Waals surface area contributed by atoms with E-state index in [-0.39, 0.29) is 5.97 Å². The number of pyridine rings is 1. The number of carbonyl (C=O) groups excluding carboxylic acids is 1. The molecule has 1 aliphatic rings. The highest BCUT2D eigenvalue weighted by Crippen LogP contribution is 2.44. The van der Waals surface area contributed by atoms with Gasteiger partial charge in [0, 0.05) is 6.54 Å². The Balaban J connectivity index is 2.14. The maximum absolute atomic E-state index is 11.8. The van der Waals surface area contributed by atoms with Crippen LogP contribution in [0.25, 0.3) is 0 Å². The van der Waals surface area contributed by atoms with Crippen molar-refractivity contribution in [2.24, 2.45) is 5.41 Å². The first-order valence-corrected chi connectivity index (χ1v) is 6.20. The summed E-state index contributed by atoms with van der Waals surface area (Å²) in [6, 6.07) is 1.60. The van der Waals surface area contributed by atoms with Gasteiger partial charge in [0.1, 0.15) is 11.4 Å². The van der Waals surface area contributed by atoms with E-state index < -0.39 is 0 Å². The fourth-order valence-electron chi connectivity index (χ4n) is 1.67. The third kappa shape index (κ3) is 2.91. The fraction of sp³-hybridized carbons (Fsp3) is 0.538. The molecule has 3 N–H and O–H groups in total. The zero-order chi connectivity index (χ0) is 13.2. The number of rotatable bonds is 5. The smallest absolute Gasteiger partial charge is 0.341 e. The maximum atomic E-state index is 11.8. The number of nitrogens with one attached hydrogen (secondary N) is 1. The minimum Gasteiger partial charge on any atom is -0.462 e. The summed E-state index contributed by atoms with van der Waals surface area (Å²) < 4.78 is 5.00. The highest BCUT2D eigenvalue weighted by Gasteiger charge is 2.37. The predicted octanol–water partition coefficient (Wildman–Crippen LogP) is 2.05. The summed E-state index contributed by atoms with van der Waals surface area (Å²) in [7, 11) is 0. The van der Waals surface area contributed by atoms with Crippen LogP contribution in [0.4, 0.5) is 11.5 Å². The lowest BCUT2D eigenvalue weighted by atomic mass is 10.1. The number of anilines is 2. The predicted molar refractivity (Wildman–Crippen MR) is 70.4 cm³/mol. The Morgan fingerprint density at radius 3 is 2.94 bits per heavy atom. The van der Waals surface area contributed by atoms with Gasteiger partial charge in [0.2, 0.25) is 0 Å². The summed E-state index contributed by atoms with van der Waals surface area (Å²) >= 11 is 0. The van der Waals surface area contributed by atoms with Gasteiger partial charge in [-0.1, -0.05) is 6.92 Å². The van der Waals surface area contributed by atoms with Crippen molar-refractivity contribution in [2.75, 3.05) is 24.2 Å². The average Bonchev–Trinajstić information content (AvgIpc) is 3.06. The molecule has 0 aromatic carbocycles. The lowest BCUT2D eigenvalue weighted by Gasteiger charge is -2.13. The molecular weight excluding hydrogens is 230 g/mol. The highest BCUT2D eigenvalue weighted by atomic mass is 16.5. The summed E-state index contributed by atoms with van der Waals surface area (Å²) in [4.78, 5) is 16.0. The minimum atomic E-state index is -0.388. The second-order valence-electron chi connectivity index (χ2n) is 5.05. The van der Waals surface area contributed by atoms with Crippen molar-refractivity contribution < 1.29 is 9.53 Å². The fourth-order valence-corrected chi connectivity index (χ4v) is 1.67. The number of carbonyl (C=O) groups is 1. The molecule has 1 aromatic heterocycles. The van der Waals surface area contributed by atoms with E-state index in [1.165, 1.54) is 12.8 Å². The molecule has 18 heavy (non-hydrogen) atoms. The number of nitrogens with zero attached hydrogens (tertiary/aromatic N) is 1. The van der Waals surface area contributed by atoms with Crippen LogP contribution in [0.15, 0.2) is 12.3 Å². The van der Waals surface area contributed by atoms with Crippen molar-refractivity contribution in [3.63, 3.8) is 0 Å². The van der Waals surface area contributed by atoms with Gasteiger partial charge in [-0.25, -0.2) is 9.78 Å². The van der Waals surface area contributed by atoms with E-state index in [2.05, 4.69) is 17.2 Å². The van der Waals surface area contributed by atoms with Gasteiger partial charge in [-0.15, -0.1) is 0 Å². The molecule has 0 spiro atoms. The molecule has 1 aromatic rings. The van der Waals surface area contributed by atoms with Gasteiger partial charge in [-0.2, -0.15) is 0 Å². The largest absolute Gasteiger partial charge is 0.462 e. The van der Waals surface area contributed by atoms with E-state index >= 15 is 0 Å². The lowest BCUT2D eigenvalue weighted by molar-refractivity contribution is 0.0527. The summed E-state index contributed by atoms with van der Waals surface area (Å²) in [5.41, 5.74) is 6.86. The van der Waals surface area contributed by atoms with E-state index in [0.717, 1.165) is 6.54 Å². The molecule has 1 aliphatic carbocycles. The van der Waals surface area contributed by atoms with E-state index in [1.54, 1.807) is 19.2 Å². The van der Waals surface area contributed by atoms with Crippen LogP contribution in [0.5, 0.6) is 0 Å². The number of hydrogen-bond donors (Lipinski definition) is 2. The Bertz CT molecular complexity index is 456. The summed E-state index contributed by atoms with van der Waals surface area (Å²) in [5.74, 6) is 0.163. The van der Waals surface area contributed by atoms with Crippen molar-refractivity contribution >= 4 is 17.5 Å². The van der Waals surface area contributed by atoms with Crippen LogP contribution in [-0.2, 0) is 4.74 Å². The van der Waals surface area contributed by atoms with Gasteiger partial charge in [0.15, 0.2) is 0 Å². The van der Waals surface area contributed by atoms with Crippen LogP contribution in [0.1, 0.15) is 37.0 Å². The second-order valence-corrected chi connectivity index (χ2v) is 5.05. The van der Waals surface area contributed by atoms with Gasteiger partial charge in [0.05, 0.1) is 18.5 Å². The summed E-state index contributed by atoms with van der Waals surface area (Å²) in [6.45, 7) is 5.14. The second kappa shape index (κ2) is 4.84. The molecular formula is C13H19N3O2. The molecule has 0 atom stereocenters. The average molecular weight is 249 g/mol. The SMILES string of the molecule is CCOC(=O)c1cc(N)cnc1NCC1(C)CC1. The van der Waals surface area contributed by atoms with E-state index in [1.807, 2.05) is 0 Å². The number of aromatic nitrogens is 1. The zero-order valence-electron chi connectivity index (χ0n) is 10.8. The molecule has 1 saturated carbocycles. The standard InChI is InChI=1S/C13H19N3O2/c1-3-18-12(17)10-6-9(14)7-15-11(10)16-8-13(2)4-5-13/h6-7H,3-5,8,14H2,1-2H3,(H,15,16). The Morgan fingerprint density at radius 1 is 1.61 bits per heavy atom. The molecule has 0 saturated heterocycles. The van der Waals surface area contributed by atoms with Crippen LogP contribution in [-0.4, -0.2) is 24.1 Å². The molecule has 0 bridgehead atoms. The summed E-state index contributed by atoms with van der Waals surface area (Å²) in [5, 5.41) is 3.21. The van der Waals surface area contributed by atoms with Gasteiger partial charge in [0.25, 0.3) is 0 Å². The third-order valence-corrected chi connectivity index (χ3v) is 3.19. The number of ether oxygens (including phenoxy) is 1. The van der Waals surface area contributed by atoms with E-state index in [4.69, 9.17) is 10.5 Å². The first-order valence-electron chi connectivity index (χ1n) is 6.20. The number of esters is 1. The molecule has 0 aliphatic heterocycles. The first-order chi connectivity index (χ1) is 8.54. The van der Waals surface area contributed by atoms with Crippen LogP contribution in [0, 0.1) is 5.41 Å². The van der Waals surface area contributed by atoms with Crippen LogP contribution >= 0.6 is 0 Å². The Kier molecular flexibility index (Phi) is 3.41. The van der Waals surface area contributed by atoms with Gasteiger partial charge < -0.3 is 15.8 Å². The van der Waals surface area contributed by atoms with Gasteiger partial charge in [-0.3, -0.25) is 0 Å². The van der Waals surface area contributed by atoms with Crippen molar-refractivity contribution in [3.05, 3.63) is 17.8 Å². The summed E-state index contributed by atoms with van der Waals surface area (Å²) in [6.07, 6.45) is 3.97. The van der Waals surface area contributed by atoms with Crippen LogP contribution in [0.2, 0.25) is 0 Å². The van der Waals surface area contributed by atoms with Crippen LogP contribution in [0.3, 0.4) is 0 Å². The van der Waals surface area contributed by atoms with E-state index in [9.17, 15) is 4.79 Å². The molecule has 1 fully saturated rings. The number of nitrogens with two attached hydrogens (primary N) is 1. The van der Waals surface area contributed by atoms with Crippen molar-refractivity contribution in [1.82, 2.24) is 4.98 Å². The molecule has 1 heterocycles. The van der Waals surface area contributed by atoms with Gasteiger partial charge >= 0.3 is 5.97 Å². The quantitative estimate of drug-likeness (QED) is 0.781. The molecule has 0 radical (unpaired) electrons. The first kappa shape index (κ1) is 12.7. The van der Waals surface area contributed by atoms with Gasteiger partial charge in [-0.05, 0) is 31.2 Å². The number of nitrogen functional groups attached to an aromatic ring is 1. The van der Waals surface area contributed by atoms with E-state index in [0.29, 0.717) is 29.1 Å². The van der Waals surface area contributed by atoms with Crippen LogP contribution < -0.4 is 11.1 Å². The number of hydrogen-bond acceptors (Lipinski definition) is 5. The Morgan fingerprint density at radius 2 is 2.33 bits per heavy atom. The lowest BCUT2D eigenvalue weighted by Crippen LogP contribution is -2.17.